The Morgan fingerprint density at radius 1 is 1.14 bits per heavy atom. The highest BCUT2D eigenvalue weighted by Crippen LogP contribution is 2.05. The Bertz CT molecular complexity index is 336. The van der Waals surface area contributed by atoms with Gasteiger partial charge in [0.2, 0.25) is 0 Å². The molecular weight excluding hydrogens is 172 g/mol. The molecule has 1 rings (SSSR count). The van der Waals surface area contributed by atoms with E-state index in [1.165, 1.54) is 5.56 Å². The van der Waals surface area contributed by atoms with Crippen molar-refractivity contribution in [2.24, 2.45) is 0 Å². The third-order valence-electron chi connectivity index (χ3n) is 2.02. The Kier molecular flexibility index (Phi) is 3.57. The quantitative estimate of drug-likeness (QED) is 0.682. The summed E-state index contributed by atoms with van der Waals surface area (Å²) in [5.41, 5.74) is 3.56. The van der Waals surface area contributed by atoms with Crippen LogP contribution >= 0.6 is 0 Å². The second-order valence-electron chi connectivity index (χ2n) is 3.72. The summed E-state index contributed by atoms with van der Waals surface area (Å²) in [5, 5.41) is 15.0. The fourth-order valence-corrected chi connectivity index (χ4v) is 1.33. The monoisotopic (exact) mass is 188 g/mol. The van der Waals surface area contributed by atoms with E-state index in [1.54, 1.807) is 6.92 Å². The molecule has 0 heterocycles. The summed E-state index contributed by atoms with van der Waals surface area (Å²) in [5.74, 6) is 0. The van der Waals surface area contributed by atoms with Crippen LogP contribution in [0, 0.1) is 17.7 Å². The van der Waals surface area contributed by atoms with Crippen molar-refractivity contribution in [3.05, 3.63) is 35.4 Å². The van der Waals surface area contributed by atoms with Gasteiger partial charge in [-0.05, 0) is 19.4 Å². The van der Waals surface area contributed by atoms with E-state index in [1.807, 2.05) is 12.1 Å². The molecule has 0 aliphatic rings. The molecule has 2 nitrogen and oxygen atoms in total. The summed E-state index contributed by atoms with van der Waals surface area (Å²) >= 11 is 0. The molecule has 0 spiro atoms. The lowest BCUT2D eigenvalue weighted by molar-refractivity contribution is 1.21. The van der Waals surface area contributed by atoms with Crippen LogP contribution in [0.2, 0.25) is 0 Å². The number of rotatable bonds is 4. The van der Waals surface area contributed by atoms with Crippen molar-refractivity contribution in [1.82, 2.24) is 0 Å². The lowest BCUT2D eigenvalue weighted by Gasteiger charge is -2.03. The third-order valence-corrected chi connectivity index (χ3v) is 2.02. The van der Waals surface area contributed by atoms with E-state index < -0.39 is 0 Å². The first-order chi connectivity index (χ1) is 6.58. The Hall–Kier alpha value is -1.44. The predicted molar refractivity (Wildman–Crippen MR) is 60.6 cm³/mol. The van der Waals surface area contributed by atoms with Crippen LogP contribution in [-0.2, 0) is 6.42 Å². The minimum absolute atomic E-state index is 0.494. The van der Waals surface area contributed by atoms with Gasteiger partial charge in [-0.3, -0.25) is 0 Å². The van der Waals surface area contributed by atoms with Gasteiger partial charge in [0.1, 0.15) is 0 Å². The minimum atomic E-state index is 0.494. The highest BCUT2D eigenvalue weighted by Gasteiger charge is 2.00. The number of aryl methyl sites for hydroxylation is 1. The van der Waals surface area contributed by atoms with Crippen molar-refractivity contribution in [1.29, 1.82) is 10.8 Å². The van der Waals surface area contributed by atoms with Crippen LogP contribution in [0.5, 0.6) is 0 Å². The van der Waals surface area contributed by atoms with Gasteiger partial charge in [-0.2, -0.15) is 0 Å². The normalized spacial score (nSPS) is 9.86. The molecule has 14 heavy (non-hydrogen) atoms. The number of hydrogen-bond donors (Lipinski definition) is 2. The number of benzene rings is 1. The van der Waals surface area contributed by atoms with E-state index in [0.717, 1.165) is 5.56 Å². The molecule has 0 atom stereocenters. The molecule has 0 saturated heterocycles. The molecule has 2 N–H and O–H groups in total. The topological polar surface area (TPSA) is 47.7 Å². The lowest BCUT2D eigenvalue weighted by atomic mass is 10.0. The Balaban J connectivity index is 2.56. The predicted octanol–water partition coefficient (Wildman–Crippen LogP) is 2.99. The second kappa shape index (κ2) is 4.70. The van der Waals surface area contributed by atoms with Crippen molar-refractivity contribution in [2.45, 2.75) is 26.7 Å². The molecular formula is C12H16N2. The standard InChI is InChI=1S/C12H16N2/c1-9-3-5-11(6-4-9)8-12(14)7-10(2)13/h3-6,13-14H,7-8H2,1-2H3. The van der Waals surface area contributed by atoms with E-state index in [9.17, 15) is 0 Å². The maximum Gasteiger partial charge on any atom is 0.0230 e. The van der Waals surface area contributed by atoms with Crippen LogP contribution in [-0.4, -0.2) is 11.4 Å². The van der Waals surface area contributed by atoms with E-state index >= 15 is 0 Å². The Labute approximate surface area is 85.0 Å². The highest BCUT2D eigenvalue weighted by atomic mass is 14.5. The first-order valence-electron chi connectivity index (χ1n) is 4.74. The second-order valence-corrected chi connectivity index (χ2v) is 3.72. The summed E-state index contributed by atoms with van der Waals surface area (Å²) in [4.78, 5) is 0. The fraction of sp³-hybridized carbons (Fsp3) is 0.333. The molecule has 0 unspecified atom stereocenters. The summed E-state index contributed by atoms with van der Waals surface area (Å²) < 4.78 is 0. The summed E-state index contributed by atoms with van der Waals surface area (Å²) in [6.07, 6.45) is 1.16. The molecule has 0 aromatic heterocycles. The highest BCUT2D eigenvalue weighted by molar-refractivity contribution is 6.01. The average Bonchev–Trinajstić information content (AvgIpc) is 2.07. The zero-order chi connectivity index (χ0) is 10.6. The Morgan fingerprint density at radius 3 is 2.21 bits per heavy atom. The SMILES string of the molecule is CC(=N)CC(=N)Cc1ccc(C)cc1. The number of hydrogen-bond acceptors (Lipinski definition) is 2. The zero-order valence-corrected chi connectivity index (χ0v) is 8.72. The van der Waals surface area contributed by atoms with E-state index in [2.05, 4.69) is 19.1 Å². The van der Waals surface area contributed by atoms with Crippen molar-refractivity contribution >= 4 is 11.4 Å². The lowest BCUT2D eigenvalue weighted by Crippen LogP contribution is -2.06. The van der Waals surface area contributed by atoms with Crippen LogP contribution in [0.4, 0.5) is 0 Å². The van der Waals surface area contributed by atoms with Gasteiger partial charge in [-0.25, -0.2) is 0 Å². The maximum absolute atomic E-state index is 7.67. The van der Waals surface area contributed by atoms with Gasteiger partial charge in [-0.1, -0.05) is 29.8 Å². The van der Waals surface area contributed by atoms with E-state index in [4.69, 9.17) is 10.8 Å². The van der Waals surface area contributed by atoms with Crippen LogP contribution in [0.3, 0.4) is 0 Å². The van der Waals surface area contributed by atoms with Gasteiger partial charge >= 0.3 is 0 Å². The minimum Gasteiger partial charge on any atom is -0.310 e. The van der Waals surface area contributed by atoms with Crippen molar-refractivity contribution < 1.29 is 0 Å². The van der Waals surface area contributed by atoms with E-state index in [0.29, 0.717) is 24.3 Å². The van der Waals surface area contributed by atoms with Crippen LogP contribution < -0.4 is 0 Å². The average molecular weight is 188 g/mol. The molecule has 0 aliphatic heterocycles. The molecule has 1 aromatic rings. The molecule has 0 bridgehead atoms. The van der Waals surface area contributed by atoms with Crippen molar-refractivity contribution in [2.75, 3.05) is 0 Å². The van der Waals surface area contributed by atoms with Crippen molar-refractivity contribution in [3.8, 4) is 0 Å². The van der Waals surface area contributed by atoms with E-state index in [-0.39, 0.29) is 0 Å². The maximum atomic E-state index is 7.67. The van der Waals surface area contributed by atoms with Crippen molar-refractivity contribution in [3.63, 3.8) is 0 Å². The smallest absolute Gasteiger partial charge is 0.0230 e. The summed E-state index contributed by atoms with van der Waals surface area (Å²) in [7, 11) is 0. The molecule has 0 radical (unpaired) electrons. The Morgan fingerprint density at radius 2 is 1.71 bits per heavy atom. The molecule has 2 heteroatoms. The molecule has 1 aromatic carbocycles. The molecule has 0 saturated carbocycles. The van der Waals surface area contributed by atoms with Crippen LogP contribution in [0.15, 0.2) is 24.3 Å². The largest absolute Gasteiger partial charge is 0.310 e. The number of nitrogens with one attached hydrogen (secondary N) is 2. The van der Waals surface area contributed by atoms with Crippen LogP contribution in [0.25, 0.3) is 0 Å². The van der Waals surface area contributed by atoms with Gasteiger partial charge in [0.25, 0.3) is 0 Å². The van der Waals surface area contributed by atoms with Gasteiger partial charge in [-0.15, -0.1) is 0 Å². The first-order valence-corrected chi connectivity index (χ1v) is 4.74. The molecule has 0 amide bonds. The van der Waals surface area contributed by atoms with Gasteiger partial charge in [0, 0.05) is 24.3 Å². The first kappa shape index (κ1) is 10.6. The van der Waals surface area contributed by atoms with Gasteiger partial charge in [0.05, 0.1) is 0 Å². The van der Waals surface area contributed by atoms with Gasteiger partial charge in [0.15, 0.2) is 0 Å². The third kappa shape index (κ3) is 3.52. The molecule has 0 aliphatic carbocycles. The molecule has 0 fully saturated rings. The zero-order valence-electron chi connectivity index (χ0n) is 8.72. The summed E-state index contributed by atoms with van der Waals surface area (Å²) in [6.45, 7) is 3.79. The molecule has 74 valence electrons. The van der Waals surface area contributed by atoms with Crippen LogP contribution in [0.1, 0.15) is 24.5 Å². The fourth-order valence-electron chi connectivity index (χ4n) is 1.33. The summed E-state index contributed by atoms with van der Waals surface area (Å²) in [6, 6.07) is 8.20. The van der Waals surface area contributed by atoms with Gasteiger partial charge < -0.3 is 10.8 Å².